The molecule has 0 saturated carbocycles. The summed E-state index contributed by atoms with van der Waals surface area (Å²) in [6, 6.07) is 13.1. The van der Waals surface area contributed by atoms with Crippen LogP contribution in [0.5, 0.6) is 0 Å². The van der Waals surface area contributed by atoms with Crippen LogP contribution in [0.3, 0.4) is 0 Å². The van der Waals surface area contributed by atoms with E-state index in [0.717, 1.165) is 0 Å². The van der Waals surface area contributed by atoms with Gasteiger partial charge < -0.3 is 5.32 Å². The van der Waals surface area contributed by atoms with Crippen molar-refractivity contribution in [2.45, 2.75) is 10.6 Å². The molecule has 27 heavy (non-hydrogen) atoms. The average molecular weight is 407 g/mol. The van der Waals surface area contributed by atoms with E-state index in [-0.39, 0.29) is 29.0 Å². The number of amidine groups is 1. The highest BCUT2D eigenvalue weighted by Gasteiger charge is 2.30. The molecular weight excluding hydrogens is 389 g/mol. The Morgan fingerprint density at radius 3 is 2.70 bits per heavy atom. The van der Waals surface area contributed by atoms with Crippen LogP contribution in [0.1, 0.15) is 11.1 Å². The van der Waals surface area contributed by atoms with Crippen molar-refractivity contribution >= 4 is 33.5 Å². The van der Waals surface area contributed by atoms with Gasteiger partial charge >= 0.3 is 0 Å². The quantitative estimate of drug-likeness (QED) is 0.687. The van der Waals surface area contributed by atoms with E-state index < -0.39 is 10.0 Å². The zero-order chi connectivity index (χ0) is 19.3. The highest BCUT2D eigenvalue weighted by Crippen LogP contribution is 2.22. The third kappa shape index (κ3) is 4.86. The van der Waals surface area contributed by atoms with Crippen LogP contribution < -0.4 is 10.0 Å². The number of nitrogens with zero attached hydrogens (tertiary/aromatic N) is 1. The minimum absolute atomic E-state index is 0.161. The Balaban J connectivity index is 1.44. The number of halogens is 1. The van der Waals surface area contributed by atoms with Crippen molar-refractivity contribution in [2.75, 3.05) is 18.8 Å². The van der Waals surface area contributed by atoms with E-state index >= 15 is 0 Å². The van der Waals surface area contributed by atoms with Gasteiger partial charge in [-0.05, 0) is 23.8 Å². The Bertz CT molecular complexity index is 977. The summed E-state index contributed by atoms with van der Waals surface area (Å²) in [6.07, 6.45) is 0. The van der Waals surface area contributed by atoms with Crippen LogP contribution in [-0.2, 0) is 20.6 Å². The van der Waals surface area contributed by atoms with E-state index in [1.165, 1.54) is 23.9 Å². The van der Waals surface area contributed by atoms with E-state index in [1.807, 2.05) is 0 Å². The molecule has 0 fully saturated rings. The molecule has 1 heterocycles. The van der Waals surface area contributed by atoms with E-state index in [1.54, 1.807) is 36.4 Å². The maximum Gasteiger partial charge on any atom is 0.263 e. The lowest BCUT2D eigenvalue weighted by molar-refractivity contribution is -0.119. The van der Waals surface area contributed by atoms with Gasteiger partial charge in [0.1, 0.15) is 18.2 Å². The number of nitrogens with one attached hydrogen (secondary N) is 2. The van der Waals surface area contributed by atoms with E-state index in [0.29, 0.717) is 29.2 Å². The van der Waals surface area contributed by atoms with Gasteiger partial charge in [-0.25, -0.2) is 12.8 Å². The highest BCUT2D eigenvalue weighted by atomic mass is 32.2. The van der Waals surface area contributed by atoms with Crippen LogP contribution in [-0.4, -0.2) is 39.0 Å². The molecule has 0 spiro atoms. The standard InChI is InChI=1S/C18H18FN3O3S2/c19-15-7-3-1-5-13(15)12-26-10-9-20-17(23)11-21-18-14-6-2-4-8-16(14)27(24,25)22-18/h1-8H,9-12H2,(H,20,23)(H,21,22). The molecule has 2 aromatic rings. The summed E-state index contributed by atoms with van der Waals surface area (Å²) in [7, 11) is -3.60. The predicted octanol–water partition coefficient (Wildman–Crippen LogP) is 1.91. The van der Waals surface area contributed by atoms with Gasteiger partial charge in [-0.2, -0.15) is 11.8 Å². The van der Waals surface area contributed by atoms with E-state index in [4.69, 9.17) is 0 Å². The molecular formula is C18H18FN3O3S2. The molecule has 3 rings (SSSR count). The number of benzene rings is 2. The summed E-state index contributed by atoms with van der Waals surface area (Å²) in [4.78, 5) is 16.1. The molecule has 0 bridgehead atoms. The first-order valence-corrected chi connectivity index (χ1v) is 10.9. The summed E-state index contributed by atoms with van der Waals surface area (Å²) in [5.74, 6) is 0.798. The molecule has 1 aliphatic heterocycles. The lowest BCUT2D eigenvalue weighted by Gasteiger charge is -2.05. The largest absolute Gasteiger partial charge is 0.354 e. The minimum Gasteiger partial charge on any atom is -0.354 e. The Labute approximate surface area is 161 Å². The van der Waals surface area contributed by atoms with Gasteiger partial charge in [0.15, 0.2) is 0 Å². The van der Waals surface area contributed by atoms with E-state index in [9.17, 15) is 17.6 Å². The van der Waals surface area contributed by atoms with Crippen molar-refractivity contribution in [1.82, 2.24) is 10.0 Å². The van der Waals surface area contributed by atoms with Crippen molar-refractivity contribution in [2.24, 2.45) is 4.99 Å². The molecule has 0 unspecified atom stereocenters. The first-order valence-electron chi connectivity index (χ1n) is 8.22. The van der Waals surface area contributed by atoms with Crippen molar-refractivity contribution in [3.05, 3.63) is 65.5 Å². The molecule has 0 radical (unpaired) electrons. The third-order valence-corrected chi connectivity index (χ3v) is 6.23. The van der Waals surface area contributed by atoms with Gasteiger partial charge in [0.2, 0.25) is 5.91 Å². The number of sulfonamides is 1. The van der Waals surface area contributed by atoms with Gasteiger partial charge in [-0.1, -0.05) is 30.3 Å². The van der Waals surface area contributed by atoms with Crippen LogP contribution in [0.15, 0.2) is 58.4 Å². The van der Waals surface area contributed by atoms with Crippen molar-refractivity contribution < 1.29 is 17.6 Å². The predicted molar refractivity (Wildman–Crippen MR) is 104 cm³/mol. The van der Waals surface area contributed by atoms with Crippen molar-refractivity contribution in [1.29, 1.82) is 0 Å². The summed E-state index contributed by atoms with van der Waals surface area (Å²) in [5.41, 5.74) is 1.10. The number of hydrogen-bond donors (Lipinski definition) is 2. The molecule has 0 saturated heterocycles. The van der Waals surface area contributed by atoms with Crippen molar-refractivity contribution in [3.8, 4) is 0 Å². The van der Waals surface area contributed by atoms with Gasteiger partial charge in [-0.15, -0.1) is 0 Å². The number of carbonyl (C=O) groups excluding carboxylic acids is 1. The number of thioether (sulfide) groups is 1. The van der Waals surface area contributed by atoms with Crippen LogP contribution >= 0.6 is 11.8 Å². The summed E-state index contributed by atoms with van der Waals surface area (Å²) < 4.78 is 39.8. The lowest BCUT2D eigenvalue weighted by atomic mass is 10.2. The number of rotatable bonds is 7. The van der Waals surface area contributed by atoms with Crippen LogP contribution in [0.25, 0.3) is 0 Å². The fourth-order valence-electron chi connectivity index (χ4n) is 2.52. The number of carbonyl (C=O) groups is 1. The fourth-order valence-corrected chi connectivity index (χ4v) is 4.61. The topological polar surface area (TPSA) is 87.6 Å². The zero-order valence-electron chi connectivity index (χ0n) is 14.3. The Kier molecular flexibility index (Phi) is 6.12. The molecule has 1 aliphatic rings. The zero-order valence-corrected chi connectivity index (χ0v) is 15.9. The Morgan fingerprint density at radius 1 is 1.15 bits per heavy atom. The molecule has 9 heteroatoms. The van der Waals surface area contributed by atoms with Gasteiger partial charge in [0, 0.05) is 23.6 Å². The van der Waals surface area contributed by atoms with Crippen molar-refractivity contribution in [3.63, 3.8) is 0 Å². The molecule has 0 aromatic heterocycles. The lowest BCUT2D eigenvalue weighted by Crippen LogP contribution is -2.29. The number of hydrogen-bond acceptors (Lipinski definition) is 5. The second-order valence-electron chi connectivity index (χ2n) is 5.76. The molecule has 0 atom stereocenters. The second kappa shape index (κ2) is 8.53. The molecule has 2 N–H and O–H groups in total. The van der Waals surface area contributed by atoms with Gasteiger partial charge in [0.05, 0.1) is 4.90 Å². The van der Waals surface area contributed by atoms with Crippen LogP contribution in [0.2, 0.25) is 0 Å². The van der Waals surface area contributed by atoms with E-state index in [2.05, 4.69) is 15.0 Å². The number of amides is 1. The third-order valence-electron chi connectivity index (χ3n) is 3.83. The molecule has 0 aliphatic carbocycles. The molecule has 1 amide bonds. The smallest absolute Gasteiger partial charge is 0.263 e. The molecule has 2 aromatic carbocycles. The average Bonchev–Trinajstić information content (AvgIpc) is 2.92. The maximum absolute atomic E-state index is 13.5. The minimum atomic E-state index is -3.60. The highest BCUT2D eigenvalue weighted by molar-refractivity contribution is 7.98. The monoisotopic (exact) mass is 407 g/mol. The normalized spacial score (nSPS) is 16.0. The number of fused-ring (bicyclic) bond motifs is 1. The SMILES string of the molecule is O=C(CN=C1NS(=O)(=O)c2ccccc21)NCCSCc1ccccc1F. The molecule has 6 nitrogen and oxygen atoms in total. The first kappa shape index (κ1) is 19.4. The van der Waals surface area contributed by atoms with Crippen LogP contribution in [0.4, 0.5) is 4.39 Å². The number of aliphatic imine (C=N–C) groups is 1. The Morgan fingerprint density at radius 2 is 1.89 bits per heavy atom. The Hall–Kier alpha value is -2.39. The summed E-state index contributed by atoms with van der Waals surface area (Å²) in [6.45, 7) is 0.245. The van der Waals surface area contributed by atoms with Gasteiger partial charge in [0.25, 0.3) is 10.0 Å². The fraction of sp³-hybridized carbons (Fsp3) is 0.222. The second-order valence-corrected chi connectivity index (χ2v) is 8.52. The van der Waals surface area contributed by atoms with Gasteiger partial charge in [-0.3, -0.25) is 14.5 Å². The molecule has 142 valence electrons. The van der Waals surface area contributed by atoms with Crippen LogP contribution in [0, 0.1) is 5.82 Å². The maximum atomic E-state index is 13.5. The summed E-state index contributed by atoms with van der Waals surface area (Å²) >= 11 is 1.51. The first-order chi connectivity index (χ1) is 13.0. The summed E-state index contributed by atoms with van der Waals surface area (Å²) in [5, 5.41) is 2.71.